The van der Waals surface area contributed by atoms with Crippen molar-refractivity contribution in [3.05, 3.63) is 24.3 Å². The Morgan fingerprint density at radius 2 is 2.13 bits per heavy atom. The Bertz CT molecular complexity index is 361. The molecule has 0 atom stereocenters. The summed E-state index contributed by atoms with van der Waals surface area (Å²) >= 11 is 0. The molecule has 1 aromatic carbocycles. The Labute approximate surface area is 88.9 Å². The highest BCUT2D eigenvalue weighted by Gasteiger charge is 2.26. The van der Waals surface area contributed by atoms with Crippen LogP contribution in [0.4, 0.5) is 5.69 Å². The van der Waals surface area contributed by atoms with E-state index in [-0.39, 0.29) is 11.7 Å². The lowest BCUT2D eigenvalue weighted by Gasteiger charge is -2.21. The van der Waals surface area contributed by atoms with Crippen LogP contribution in [-0.4, -0.2) is 23.7 Å². The summed E-state index contributed by atoms with van der Waals surface area (Å²) in [5.74, 6) is -0.140. The molecule has 4 heteroatoms. The van der Waals surface area contributed by atoms with E-state index in [9.17, 15) is 9.90 Å². The fraction of sp³-hybridized carbons (Fsp3) is 0.364. The number of anilines is 1. The summed E-state index contributed by atoms with van der Waals surface area (Å²) in [6.07, 6.45) is 0. The molecule has 0 aliphatic carbocycles. The molecular formula is C11H15NO3. The molecule has 0 heterocycles. The molecule has 0 bridgehead atoms. The molecule has 2 N–H and O–H groups in total. The second-order valence-electron chi connectivity index (χ2n) is 3.72. The van der Waals surface area contributed by atoms with Gasteiger partial charge in [0.05, 0.1) is 0 Å². The van der Waals surface area contributed by atoms with Crippen molar-refractivity contribution in [1.82, 2.24) is 0 Å². The first-order valence-corrected chi connectivity index (χ1v) is 4.61. The number of methoxy groups -OCH3 is 1. The van der Waals surface area contributed by atoms with Gasteiger partial charge in [0.15, 0.2) is 0 Å². The number of carbonyl (C=O) groups is 1. The number of benzene rings is 1. The van der Waals surface area contributed by atoms with E-state index in [1.807, 2.05) is 0 Å². The minimum absolute atomic E-state index is 0.114. The topological polar surface area (TPSA) is 58.6 Å². The number of phenolic OH excluding ortho intramolecular Hbond substituents is 1. The van der Waals surface area contributed by atoms with Gasteiger partial charge in [-0.05, 0) is 26.0 Å². The zero-order valence-corrected chi connectivity index (χ0v) is 9.07. The second kappa shape index (κ2) is 4.31. The molecule has 0 radical (unpaired) electrons. The third-order valence-corrected chi connectivity index (χ3v) is 2.16. The van der Waals surface area contributed by atoms with Gasteiger partial charge in [0.25, 0.3) is 5.91 Å². The normalized spacial score (nSPS) is 11.1. The number of nitrogens with one attached hydrogen (secondary N) is 1. The SMILES string of the molecule is COC(C)(C)C(=O)Nc1cccc(O)c1. The Morgan fingerprint density at radius 1 is 1.47 bits per heavy atom. The maximum atomic E-state index is 11.7. The van der Waals surface area contributed by atoms with E-state index in [1.165, 1.54) is 19.2 Å². The molecule has 0 saturated heterocycles. The summed E-state index contributed by atoms with van der Waals surface area (Å²) in [6.45, 7) is 3.34. The average molecular weight is 209 g/mol. The Hall–Kier alpha value is -1.55. The van der Waals surface area contributed by atoms with Crippen LogP contribution in [0.25, 0.3) is 0 Å². The van der Waals surface area contributed by atoms with Gasteiger partial charge in [-0.2, -0.15) is 0 Å². The van der Waals surface area contributed by atoms with Crippen LogP contribution in [0.5, 0.6) is 5.75 Å². The summed E-state index contributed by atoms with van der Waals surface area (Å²) in [7, 11) is 1.47. The van der Waals surface area contributed by atoms with Crippen molar-refractivity contribution >= 4 is 11.6 Å². The quantitative estimate of drug-likeness (QED) is 0.797. The summed E-state index contributed by atoms with van der Waals surface area (Å²) < 4.78 is 5.03. The largest absolute Gasteiger partial charge is 0.508 e. The van der Waals surface area contributed by atoms with Crippen LogP contribution in [0, 0.1) is 0 Å². The Morgan fingerprint density at radius 3 is 2.67 bits per heavy atom. The van der Waals surface area contributed by atoms with Crippen LogP contribution in [0.3, 0.4) is 0 Å². The predicted molar refractivity (Wildman–Crippen MR) is 57.8 cm³/mol. The summed E-state index contributed by atoms with van der Waals surface area (Å²) in [4.78, 5) is 11.7. The molecule has 0 aliphatic rings. The minimum atomic E-state index is -0.883. The Balaban J connectivity index is 2.75. The van der Waals surface area contributed by atoms with Gasteiger partial charge in [-0.1, -0.05) is 6.07 Å². The second-order valence-corrected chi connectivity index (χ2v) is 3.72. The van der Waals surface area contributed by atoms with Crippen molar-refractivity contribution in [2.75, 3.05) is 12.4 Å². The molecule has 0 spiro atoms. The van der Waals surface area contributed by atoms with E-state index in [4.69, 9.17) is 4.74 Å². The molecule has 4 nitrogen and oxygen atoms in total. The highest BCUT2D eigenvalue weighted by molar-refractivity contribution is 5.96. The lowest BCUT2D eigenvalue weighted by atomic mass is 10.1. The highest BCUT2D eigenvalue weighted by atomic mass is 16.5. The molecule has 0 fully saturated rings. The maximum Gasteiger partial charge on any atom is 0.256 e. The van der Waals surface area contributed by atoms with Gasteiger partial charge < -0.3 is 15.2 Å². The van der Waals surface area contributed by atoms with E-state index in [2.05, 4.69) is 5.32 Å². The lowest BCUT2D eigenvalue weighted by Crippen LogP contribution is -2.38. The fourth-order valence-corrected chi connectivity index (χ4v) is 0.958. The lowest BCUT2D eigenvalue weighted by molar-refractivity contribution is -0.133. The minimum Gasteiger partial charge on any atom is -0.508 e. The maximum absolute atomic E-state index is 11.7. The van der Waals surface area contributed by atoms with Gasteiger partial charge in [0, 0.05) is 18.9 Å². The van der Waals surface area contributed by atoms with Crippen molar-refractivity contribution in [3.63, 3.8) is 0 Å². The molecule has 82 valence electrons. The summed E-state index contributed by atoms with van der Waals surface area (Å²) in [5.41, 5.74) is -0.337. The van der Waals surface area contributed by atoms with E-state index in [0.717, 1.165) is 0 Å². The van der Waals surface area contributed by atoms with Gasteiger partial charge in [-0.3, -0.25) is 4.79 Å². The molecule has 0 aromatic heterocycles. The van der Waals surface area contributed by atoms with Crippen molar-refractivity contribution in [3.8, 4) is 5.75 Å². The van der Waals surface area contributed by atoms with Gasteiger partial charge in [0.1, 0.15) is 11.4 Å². The van der Waals surface area contributed by atoms with E-state index in [0.29, 0.717) is 5.69 Å². The van der Waals surface area contributed by atoms with Crippen molar-refractivity contribution in [2.24, 2.45) is 0 Å². The zero-order valence-electron chi connectivity index (χ0n) is 9.07. The zero-order chi connectivity index (χ0) is 11.5. The van der Waals surface area contributed by atoms with Crippen LogP contribution >= 0.6 is 0 Å². The monoisotopic (exact) mass is 209 g/mol. The predicted octanol–water partition coefficient (Wildman–Crippen LogP) is 1.76. The average Bonchev–Trinajstić information content (AvgIpc) is 2.17. The number of ether oxygens (including phenoxy) is 1. The molecule has 1 aromatic rings. The van der Waals surface area contributed by atoms with Crippen LogP contribution in [0.2, 0.25) is 0 Å². The van der Waals surface area contributed by atoms with Crippen LogP contribution in [-0.2, 0) is 9.53 Å². The van der Waals surface area contributed by atoms with Gasteiger partial charge in [-0.25, -0.2) is 0 Å². The first-order valence-electron chi connectivity index (χ1n) is 4.61. The first kappa shape index (κ1) is 11.5. The van der Waals surface area contributed by atoms with Crippen LogP contribution in [0.1, 0.15) is 13.8 Å². The van der Waals surface area contributed by atoms with Crippen molar-refractivity contribution in [1.29, 1.82) is 0 Å². The standard InChI is InChI=1S/C11H15NO3/c1-11(2,15-3)10(14)12-8-5-4-6-9(13)7-8/h4-7,13H,1-3H3,(H,12,14). The van der Waals surface area contributed by atoms with Crippen LogP contribution in [0.15, 0.2) is 24.3 Å². The number of carbonyl (C=O) groups excluding carboxylic acids is 1. The number of hydrogen-bond acceptors (Lipinski definition) is 3. The third kappa shape index (κ3) is 2.95. The molecule has 1 amide bonds. The summed E-state index contributed by atoms with van der Waals surface area (Å²) in [6, 6.07) is 6.37. The van der Waals surface area contributed by atoms with Gasteiger partial charge >= 0.3 is 0 Å². The van der Waals surface area contributed by atoms with E-state index >= 15 is 0 Å². The molecular weight excluding hydrogens is 194 g/mol. The smallest absolute Gasteiger partial charge is 0.256 e. The molecule has 15 heavy (non-hydrogen) atoms. The molecule has 0 aliphatic heterocycles. The molecule has 0 saturated carbocycles. The molecule has 0 unspecified atom stereocenters. The number of hydrogen-bond donors (Lipinski definition) is 2. The van der Waals surface area contributed by atoms with Crippen molar-refractivity contribution in [2.45, 2.75) is 19.4 Å². The summed E-state index contributed by atoms with van der Waals surface area (Å²) in [5, 5.41) is 11.9. The van der Waals surface area contributed by atoms with Crippen molar-refractivity contribution < 1.29 is 14.6 Å². The van der Waals surface area contributed by atoms with Crippen LogP contribution < -0.4 is 5.32 Å². The Kier molecular flexibility index (Phi) is 3.31. The number of aromatic hydroxyl groups is 1. The van der Waals surface area contributed by atoms with Gasteiger partial charge in [0.2, 0.25) is 0 Å². The number of rotatable bonds is 3. The van der Waals surface area contributed by atoms with Gasteiger partial charge in [-0.15, -0.1) is 0 Å². The number of amides is 1. The van der Waals surface area contributed by atoms with E-state index in [1.54, 1.807) is 26.0 Å². The molecule has 1 rings (SSSR count). The fourth-order valence-electron chi connectivity index (χ4n) is 0.958. The van der Waals surface area contributed by atoms with E-state index < -0.39 is 5.60 Å². The first-order chi connectivity index (χ1) is 6.95. The number of phenols is 1. The third-order valence-electron chi connectivity index (χ3n) is 2.16. The highest BCUT2D eigenvalue weighted by Crippen LogP contribution is 2.17.